The summed E-state index contributed by atoms with van der Waals surface area (Å²) in [7, 11) is 0. The molecular weight excluding hydrogens is 302 g/mol. The molecule has 5 nitrogen and oxygen atoms in total. The van der Waals surface area contributed by atoms with E-state index in [4.69, 9.17) is 11.6 Å². The van der Waals surface area contributed by atoms with E-state index in [0.29, 0.717) is 21.7 Å². The van der Waals surface area contributed by atoms with Crippen LogP contribution in [0.1, 0.15) is 15.9 Å². The van der Waals surface area contributed by atoms with Gasteiger partial charge in [0.2, 0.25) is 5.43 Å². The number of hydrogen-bond acceptors (Lipinski definition) is 3. The van der Waals surface area contributed by atoms with Gasteiger partial charge in [0.25, 0.3) is 5.91 Å². The molecule has 6 heteroatoms. The van der Waals surface area contributed by atoms with E-state index in [1.165, 1.54) is 6.20 Å². The number of hydrogen-bond donors (Lipinski definition) is 2. The molecule has 2 aromatic heterocycles. The first-order chi connectivity index (χ1) is 10.5. The number of carbonyl (C=O) groups is 1. The average molecular weight is 314 g/mol. The van der Waals surface area contributed by atoms with E-state index in [9.17, 15) is 9.59 Å². The Kier molecular flexibility index (Phi) is 3.65. The molecule has 0 fully saturated rings. The van der Waals surface area contributed by atoms with Gasteiger partial charge in [-0.15, -0.1) is 0 Å². The second-order valence-corrected chi connectivity index (χ2v) is 5.33. The Hall–Kier alpha value is -2.66. The zero-order chi connectivity index (χ0) is 15.7. The van der Waals surface area contributed by atoms with Gasteiger partial charge in [-0.3, -0.25) is 9.59 Å². The number of amides is 1. The molecule has 0 aliphatic carbocycles. The summed E-state index contributed by atoms with van der Waals surface area (Å²) in [6, 6.07) is 8.36. The molecular formula is C16H12ClN3O2. The standard InChI is InChI=1S/C16H12ClN3O2/c1-9-2-5-14(19-7-9)20-16(22)12-8-18-13-6-10(17)3-4-11(13)15(12)21/h2-8H,1H3,(H,18,21)(H,19,20,22). The third kappa shape index (κ3) is 2.71. The summed E-state index contributed by atoms with van der Waals surface area (Å²) in [4.78, 5) is 31.6. The molecule has 0 saturated carbocycles. The van der Waals surface area contributed by atoms with Crippen molar-refractivity contribution < 1.29 is 4.79 Å². The number of aromatic amines is 1. The molecule has 0 aliphatic heterocycles. The van der Waals surface area contributed by atoms with E-state index >= 15 is 0 Å². The fourth-order valence-corrected chi connectivity index (χ4v) is 2.26. The van der Waals surface area contributed by atoms with Gasteiger partial charge >= 0.3 is 0 Å². The highest BCUT2D eigenvalue weighted by molar-refractivity contribution is 6.31. The van der Waals surface area contributed by atoms with E-state index in [1.54, 1.807) is 30.5 Å². The number of pyridine rings is 2. The zero-order valence-electron chi connectivity index (χ0n) is 11.7. The number of aryl methyl sites for hydroxylation is 1. The number of halogens is 1. The molecule has 110 valence electrons. The molecule has 0 saturated heterocycles. The highest BCUT2D eigenvalue weighted by Crippen LogP contribution is 2.15. The van der Waals surface area contributed by atoms with Gasteiger partial charge in [0, 0.05) is 22.8 Å². The summed E-state index contributed by atoms with van der Waals surface area (Å²) in [5.74, 6) is -0.111. The van der Waals surface area contributed by atoms with E-state index < -0.39 is 5.91 Å². The molecule has 0 radical (unpaired) electrons. The second kappa shape index (κ2) is 5.61. The molecule has 22 heavy (non-hydrogen) atoms. The normalized spacial score (nSPS) is 10.6. The lowest BCUT2D eigenvalue weighted by Crippen LogP contribution is -2.22. The van der Waals surface area contributed by atoms with Gasteiger partial charge in [0.05, 0.1) is 5.52 Å². The number of fused-ring (bicyclic) bond motifs is 1. The lowest BCUT2D eigenvalue weighted by atomic mass is 10.1. The van der Waals surface area contributed by atoms with Crippen LogP contribution in [0.5, 0.6) is 0 Å². The zero-order valence-corrected chi connectivity index (χ0v) is 12.4. The Labute approximate surface area is 131 Å². The van der Waals surface area contributed by atoms with Crippen molar-refractivity contribution in [3.63, 3.8) is 0 Å². The summed E-state index contributed by atoms with van der Waals surface area (Å²) in [5.41, 5.74) is 1.24. The minimum absolute atomic E-state index is 0.0252. The molecule has 0 spiro atoms. The molecule has 3 rings (SSSR count). The van der Waals surface area contributed by atoms with Crippen molar-refractivity contribution in [2.75, 3.05) is 5.32 Å². The van der Waals surface area contributed by atoms with Crippen molar-refractivity contribution in [2.24, 2.45) is 0 Å². The van der Waals surface area contributed by atoms with E-state index in [0.717, 1.165) is 5.56 Å². The van der Waals surface area contributed by atoms with Gasteiger partial charge < -0.3 is 10.3 Å². The fraction of sp³-hybridized carbons (Fsp3) is 0.0625. The number of H-pyrrole nitrogens is 1. The van der Waals surface area contributed by atoms with Crippen molar-refractivity contribution in [1.29, 1.82) is 0 Å². The fourth-order valence-electron chi connectivity index (χ4n) is 2.09. The predicted molar refractivity (Wildman–Crippen MR) is 86.5 cm³/mol. The van der Waals surface area contributed by atoms with Gasteiger partial charge in [0.1, 0.15) is 11.4 Å². The monoisotopic (exact) mass is 313 g/mol. The Morgan fingerprint density at radius 1 is 1.27 bits per heavy atom. The molecule has 0 atom stereocenters. The van der Waals surface area contributed by atoms with Crippen molar-refractivity contribution >= 4 is 34.2 Å². The Morgan fingerprint density at radius 2 is 2.09 bits per heavy atom. The number of nitrogens with zero attached hydrogens (tertiary/aromatic N) is 1. The summed E-state index contributed by atoms with van der Waals surface area (Å²) >= 11 is 5.88. The van der Waals surface area contributed by atoms with Gasteiger partial charge in [0.15, 0.2) is 0 Å². The lowest BCUT2D eigenvalue weighted by molar-refractivity contribution is 0.102. The van der Waals surface area contributed by atoms with Crippen LogP contribution in [0, 0.1) is 6.92 Å². The van der Waals surface area contributed by atoms with Gasteiger partial charge in [-0.1, -0.05) is 17.7 Å². The number of anilines is 1. The number of rotatable bonds is 2. The number of benzene rings is 1. The third-order valence-electron chi connectivity index (χ3n) is 3.24. The van der Waals surface area contributed by atoms with Crippen molar-refractivity contribution in [2.45, 2.75) is 6.92 Å². The number of nitrogens with one attached hydrogen (secondary N) is 2. The van der Waals surface area contributed by atoms with E-state index in [2.05, 4.69) is 15.3 Å². The largest absolute Gasteiger partial charge is 0.360 e. The molecule has 2 N–H and O–H groups in total. The van der Waals surface area contributed by atoms with Crippen LogP contribution in [-0.4, -0.2) is 15.9 Å². The van der Waals surface area contributed by atoms with Crippen LogP contribution in [0.15, 0.2) is 47.5 Å². The Morgan fingerprint density at radius 3 is 2.82 bits per heavy atom. The smallest absolute Gasteiger partial charge is 0.262 e. The predicted octanol–water partition coefficient (Wildman–Crippen LogP) is 3.14. The second-order valence-electron chi connectivity index (χ2n) is 4.90. The average Bonchev–Trinajstić information content (AvgIpc) is 2.49. The third-order valence-corrected chi connectivity index (χ3v) is 3.48. The van der Waals surface area contributed by atoms with Crippen LogP contribution in [0.25, 0.3) is 10.9 Å². The van der Waals surface area contributed by atoms with E-state index in [-0.39, 0.29) is 11.0 Å². The molecule has 2 heterocycles. The van der Waals surface area contributed by atoms with Crippen molar-refractivity contribution in [3.05, 3.63) is 69.1 Å². The topological polar surface area (TPSA) is 74.8 Å². The van der Waals surface area contributed by atoms with E-state index in [1.807, 2.05) is 13.0 Å². The van der Waals surface area contributed by atoms with Crippen LogP contribution in [0.2, 0.25) is 5.02 Å². The van der Waals surface area contributed by atoms with Crippen LogP contribution in [0.4, 0.5) is 5.82 Å². The Balaban J connectivity index is 1.97. The highest BCUT2D eigenvalue weighted by Gasteiger charge is 2.13. The van der Waals surface area contributed by atoms with Gasteiger partial charge in [-0.25, -0.2) is 4.98 Å². The quantitative estimate of drug-likeness (QED) is 0.763. The molecule has 0 aliphatic rings. The SMILES string of the molecule is Cc1ccc(NC(=O)c2c[nH]c3cc(Cl)ccc3c2=O)nc1. The van der Waals surface area contributed by atoms with Crippen LogP contribution < -0.4 is 10.7 Å². The highest BCUT2D eigenvalue weighted by atomic mass is 35.5. The van der Waals surface area contributed by atoms with Crippen molar-refractivity contribution in [3.8, 4) is 0 Å². The number of carbonyl (C=O) groups excluding carboxylic acids is 1. The lowest BCUT2D eigenvalue weighted by Gasteiger charge is -2.05. The minimum Gasteiger partial charge on any atom is -0.360 e. The molecule has 0 bridgehead atoms. The molecule has 1 amide bonds. The summed E-state index contributed by atoms with van der Waals surface area (Å²) < 4.78 is 0. The van der Waals surface area contributed by atoms with Gasteiger partial charge in [-0.2, -0.15) is 0 Å². The summed E-state index contributed by atoms with van der Waals surface area (Å²) in [6.45, 7) is 1.90. The van der Waals surface area contributed by atoms with Crippen molar-refractivity contribution in [1.82, 2.24) is 9.97 Å². The Bertz CT molecular complexity index is 917. The maximum absolute atomic E-state index is 12.4. The number of aromatic nitrogens is 2. The first-order valence-electron chi connectivity index (χ1n) is 6.59. The van der Waals surface area contributed by atoms with Crippen LogP contribution in [0.3, 0.4) is 0 Å². The van der Waals surface area contributed by atoms with Crippen LogP contribution in [-0.2, 0) is 0 Å². The maximum Gasteiger partial charge on any atom is 0.262 e. The molecule has 0 unspecified atom stereocenters. The summed E-state index contributed by atoms with van der Waals surface area (Å²) in [5, 5.41) is 3.54. The minimum atomic E-state index is -0.505. The van der Waals surface area contributed by atoms with Gasteiger partial charge in [-0.05, 0) is 36.8 Å². The van der Waals surface area contributed by atoms with Crippen LogP contribution >= 0.6 is 11.6 Å². The molecule has 3 aromatic rings. The first kappa shape index (κ1) is 14.3. The summed E-state index contributed by atoms with van der Waals surface area (Å²) in [6.07, 6.45) is 3.02. The maximum atomic E-state index is 12.4. The first-order valence-corrected chi connectivity index (χ1v) is 6.97. The molecule has 1 aromatic carbocycles.